The van der Waals surface area contributed by atoms with Gasteiger partial charge >= 0.3 is 0 Å². The van der Waals surface area contributed by atoms with Crippen LogP contribution in [0.1, 0.15) is 22.3 Å². The number of aromatic nitrogens is 3. The first-order valence-corrected chi connectivity index (χ1v) is 23.9. The van der Waals surface area contributed by atoms with Gasteiger partial charge in [-0.15, -0.1) is 0 Å². The van der Waals surface area contributed by atoms with Crippen molar-refractivity contribution in [1.29, 1.82) is 0 Å². The average molecular weight is 868 g/mol. The van der Waals surface area contributed by atoms with Gasteiger partial charge in [0.1, 0.15) is 0 Å². The highest BCUT2D eigenvalue weighted by Gasteiger charge is 2.37. The van der Waals surface area contributed by atoms with Crippen LogP contribution in [0.3, 0.4) is 0 Å². The van der Waals surface area contributed by atoms with E-state index in [-0.39, 0.29) is 6.71 Å². The molecule has 1 aliphatic heterocycles. The first-order chi connectivity index (χ1) is 33.5. The van der Waals surface area contributed by atoms with Crippen LogP contribution in [0, 0.1) is 27.7 Å². The summed E-state index contributed by atoms with van der Waals surface area (Å²) >= 11 is 0. The van der Waals surface area contributed by atoms with Crippen molar-refractivity contribution >= 4 is 88.5 Å². The van der Waals surface area contributed by atoms with Crippen molar-refractivity contribution in [3.05, 3.63) is 229 Å². The van der Waals surface area contributed by atoms with Crippen LogP contribution >= 0.6 is 0 Å². The van der Waals surface area contributed by atoms with E-state index in [4.69, 9.17) is 0 Å². The Morgan fingerprint density at radius 3 is 1.35 bits per heavy atom. The van der Waals surface area contributed by atoms with Gasteiger partial charge in [-0.25, -0.2) is 0 Å². The molecule has 68 heavy (non-hydrogen) atoms. The summed E-state index contributed by atoms with van der Waals surface area (Å²) in [5, 5.41) is 7.59. The van der Waals surface area contributed by atoms with E-state index in [1.807, 2.05) is 0 Å². The Labute approximate surface area is 395 Å². The molecule has 320 valence electrons. The third kappa shape index (κ3) is 5.31. The molecule has 14 rings (SSSR count). The van der Waals surface area contributed by atoms with Crippen LogP contribution in [0.15, 0.2) is 206 Å². The smallest absolute Gasteiger partial charge is 0.247 e. The minimum atomic E-state index is 0.0108. The molecule has 0 unspecified atom stereocenters. The van der Waals surface area contributed by atoms with Gasteiger partial charge in [-0.3, -0.25) is 0 Å². The van der Waals surface area contributed by atoms with Gasteiger partial charge in [0, 0.05) is 38.0 Å². The number of rotatable bonds is 5. The maximum atomic E-state index is 2.57. The van der Waals surface area contributed by atoms with E-state index in [2.05, 4.69) is 248 Å². The largest absolute Gasteiger partial charge is 0.310 e. The fourth-order valence-electron chi connectivity index (χ4n) is 12.3. The van der Waals surface area contributed by atoms with Crippen LogP contribution < -0.4 is 16.4 Å². The maximum absolute atomic E-state index is 2.57. The third-order valence-electron chi connectivity index (χ3n) is 15.6. The Balaban J connectivity index is 1.08. The number of benzene rings is 10. The zero-order valence-corrected chi connectivity index (χ0v) is 38.5. The van der Waals surface area contributed by atoms with Gasteiger partial charge in [0.25, 0.3) is 0 Å². The quantitative estimate of drug-likeness (QED) is 0.153. The zero-order valence-electron chi connectivity index (χ0n) is 38.5. The molecule has 13 aromatic rings. The Morgan fingerprint density at radius 1 is 0.309 bits per heavy atom. The minimum absolute atomic E-state index is 0.0108. The molecule has 3 aromatic heterocycles. The van der Waals surface area contributed by atoms with Crippen LogP contribution in [0.5, 0.6) is 0 Å². The second kappa shape index (κ2) is 14.6. The summed E-state index contributed by atoms with van der Waals surface area (Å²) in [6.45, 7) is 9.46. The molecule has 4 heterocycles. The molecular weight excluding hydrogens is 822 g/mol. The monoisotopic (exact) mass is 867 g/mol. The lowest BCUT2D eigenvalue weighted by molar-refractivity contribution is 1.10. The molecule has 1 aliphatic rings. The molecule has 0 fully saturated rings. The van der Waals surface area contributed by atoms with Crippen molar-refractivity contribution in [2.24, 2.45) is 0 Å². The maximum Gasteiger partial charge on any atom is 0.247 e. The number of nitrogens with zero attached hydrogens (tertiary/aromatic N) is 3. The summed E-state index contributed by atoms with van der Waals surface area (Å²) in [5.74, 6) is 0. The van der Waals surface area contributed by atoms with Gasteiger partial charge in [0.15, 0.2) is 0 Å². The molecule has 0 aliphatic carbocycles. The molecule has 0 atom stereocenters. The lowest BCUT2D eigenvalue weighted by atomic mass is 9.34. The molecule has 3 nitrogen and oxygen atoms in total. The molecular formula is C64H46BN3. The Hall–Kier alpha value is -8.34. The summed E-state index contributed by atoms with van der Waals surface area (Å²) in [7, 11) is 0. The fraction of sp³-hybridized carbons (Fsp3) is 0.0625. The van der Waals surface area contributed by atoms with Crippen molar-refractivity contribution in [1.82, 2.24) is 13.7 Å². The van der Waals surface area contributed by atoms with Gasteiger partial charge < -0.3 is 13.7 Å². The van der Waals surface area contributed by atoms with E-state index < -0.39 is 0 Å². The third-order valence-corrected chi connectivity index (χ3v) is 15.6. The molecule has 10 aromatic carbocycles. The predicted molar refractivity (Wildman–Crippen MR) is 290 cm³/mol. The summed E-state index contributed by atoms with van der Waals surface area (Å²) < 4.78 is 7.67. The topological polar surface area (TPSA) is 14.8 Å². The van der Waals surface area contributed by atoms with E-state index >= 15 is 0 Å². The number of fused-ring (bicyclic) bond motifs is 11. The SMILES string of the molecule is Cc1c(C)c(-n2c3ccccc3c3ccccc32)c(C)c(C)c1B1c2ccccc2-n2c3ccccc3c3c(-n4c5cc(-c6ccccc6)ccc5c5ccc(-c6ccccc6)cc54)ccc1c32. The lowest BCUT2D eigenvalue weighted by Crippen LogP contribution is -2.58. The van der Waals surface area contributed by atoms with Crippen molar-refractivity contribution < 1.29 is 0 Å². The van der Waals surface area contributed by atoms with Crippen LogP contribution in [-0.4, -0.2) is 20.4 Å². The first kappa shape index (κ1) is 38.9. The second-order valence-electron chi connectivity index (χ2n) is 18.9. The van der Waals surface area contributed by atoms with E-state index in [9.17, 15) is 0 Å². The first-order valence-electron chi connectivity index (χ1n) is 23.9. The summed E-state index contributed by atoms with van der Waals surface area (Å²) in [6, 6.07) is 76.6. The molecule has 0 bridgehead atoms. The summed E-state index contributed by atoms with van der Waals surface area (Å²) in [5.41, 5.74) is 25.3. The number of hydrogen-bond donors (Lipinski definition) is 0. The van der Waals surface area contributed by atoms with Gasteiger partial charge in [0.05, 0.1) is 44.5 Å². The molecule has 0 saturated heterocycles. The molecule has 4 heteroatoms. The van der Waals surface area contributed by atoms with Crippen molar-refractivity contribution in [3.8, 4) is 39.3 Å². The van der Waals surface area contributed by atoms with Gasteiger partial charge in [-0.2, -0.15) is 0 Å². The van der Waals surface area contributed by atoms with Gasteiger partial charge in [0.2, 0.25) is 6.71 Å². The van der Waals surface area contributed by atoms with Crippen molar-refractivity contribution in [2.75, 3.05) is 0 Å². The molecule has 0 spiro atoms. The number of hydrogen-bond acceptors (Lipinski definition) is 0. The van der Waals surface area contributed by atoms with E-state index in [0.29, 0.717) is 0 Å². The molecule has 0 saturated carbocycles. The van der Waals surface area contributed by atoms with E-state index in [0.717, 1.165) is 0 Å². The van der Waals surface area contributed by atoms with Crippen molar-refractivity contribution in [3.63, 3.8) is 0 Å². The highest BCUT2D eigenvalue weighted by Crippen LogP contribution is 2.43. The molecule has 0 N–H and O–H groups in total. The molecule has 0 amide bonds. The van der Waals surface area contributed by atoms with E-state index in [1.54, 1.807) is 0 Å². The second-order valence-corrected chi connectivity index (χ2v) is 18.9. The standard InChI is InChI=1S/C64H46BN3/c1-39-41(3)63(67-54-27-15-11-23-47(54)48-24-12-16-28-55(48)67)42(4)40(2)62(39)65-52-26-14-18-30-57(52)68-56-29-17-13-25-51(56)61-58(36-35-53(65)64(61)68)66-59-37-45(43-19-7-5-8-20-43)31-33-49(59)50-34-32-46(38-60(50)66)44-21-9-6-10-22-44/h5-38H,1-4H3. The van der Waals surface area contributed by atoms with Crippen LogP contribution in [0.25, 0.3) is 105 Å². The predicted octanol–water partition coefficient (Wildman–Crippen LogP) is 14.4. The van der Waals surface area contributed by atoms with Crippen LogP contribution in [0.4, 0.5) is 0 Å². The normalized spacial score (nSPS) is 12.4. The Bertz CT molecular complexity index is 4060. The highest BCUT2D eigenvalue weighted by molar-refractivity contribution is 6.98. The zero-order chi connectivity index (χ0) is 45.4. The Morgan fingerprint density at radius 2 is 0.779 bits per heavy atom. The highest BCUT2D eigenvalue weighted by atomic mass is 15.0. The Kier molecular flexibility index (Phi) is 8.34. The molecule has 0 radical (unpaired) electrons. The average Bonchev–Trinajstić information content (AvgIpc) is 4.04. The van der Waals surface area contributed by atoms with E-state index in [1.165, 1.54) is 143 Å². The summed E-state index contributed by atoms with van der Waals surface area (Å²) in [6.07, 6.45) is 0. The van der Waals surface area contributed by atoms with Gasteiger partial charge in [-0.05, 0) is 114 Å². The van der Waals surface area contributed by atoms with Crippen LogP contribution in [0.2, 0.25) is 0 Å². The number of para-hydroxylation sites is 4. The van der Waals surface area contributed by atoms with Gasteiger partial charge in [-0.1, -0.05) is 180 Å². The lowest BCUT2D eigenvalue weighted by Gasteiger charge is -2.31. The minimum Gasteiger partial charge on any atom is -0.310 e. The summed E-state index contributed by atoms with van der Waals surface area (Å²) in [4.78, 5) is 0. The fourth-order valence-corrected chi connectivity index (χ4v) is 12.3. The van der Waals surface area contributed by atoms with Crippen molar-refractivity contribution in [2.45, 2.75) is 27.7 Å². The van der Waals surface area contributed by atoms with Crippen LogP contribution in [-0.2, 0) is 0 Å².